The maximum Gasteiger partial charge on any atom is 0.333 e. The van der Waals surface area contributed by atoms with Crippen molar-refractivity contribution in [3.05, 3.63) is 12.2 Å². The molecule has 2 atom stereocenters. The van der Waals surface area contributed by atoms with E-state index in [-0.39, 0.29) is 50.6 Å². The van der Waals surface area contributed by atoms with Crippen molar-refractivity contribution >= 4 is 35.6 Å². The van der Waals surface area contributed by atoms with Crippen LogP contribution in [0.3, 0.4) is 0 Å². The second-order valence-electron chi connectivity index (χ2n) is 8.49. The lowest BCUT2D eigenvalue weighted by Gasteiger charge is -2.33. The Morgan fingerprint density at radius 1 is 1.03 bits per heavy atom. The van der Waals surface area contributed by atoms with Crippen LogP contribution in [0, 0.1) is 10.8 Å². The zero-order valence-electron chi connectivity index (χ0n) is 20.0. The molecule has 0 fully saturated rings. The van der Waals surface area contributed by atoms with Crippen LogP contribution >= 0.6 is 11.8 Å². The molecule has 0 radical (unpaired) electrons. The summed E-state index contributed by atoms with van der Waals surface area (Å²) < 4.78 is 19.6. The molecule has 0 spiro atoms. The Morgan fingerprint density at radius 3 is 2.18 bits per heavy atom. The summed E-state index contributed by atoms with van der Waals surface area (Å²) in [5.41, 5.74) is -1.82. The van der Waals surface area contributed by atoms with Crippen LogP contribution < -0.4 is 0 Å². The highest BCUT2D eigenvalue weighted by atomic mass is 32.2. The molecule has 0 aromatic carbocycles. The molecular weight excluding hydrogens is 456 g/mol. The molecule has 0 heterocycles. The van der Waals surface area contributed by atoms with E-state index in [9.17, 15) is 24.3 Å². The molecule has 0 bridgehead atoms. The quantitative estimate of drug-likeness (QED) is 0.139. The first-order chi connectivity index (χ1) is 15.3. The zero-order valence-corrected chi connectivity index (χ0v) is 20.8. The lowest BCUT2D eigenvalue weighted by Crippen LogP contribution is -2.40. The number of ether oxygens (including phenoxy) is 4. The van der Waals surface area contributed by atoms with Gasteiger partial charge in [0.05, 0.1) is 31.0 Å². The van der Waals surface area contributed by atoms with Crippen molar-refractivity contribution in [1.82, 2.24) is 0 Å². The van der Waals surface area contributed by atoms with Gasteiger partial charge >= 0.3 is 23.9 Å². The number of aliphatic hydroxyl groups is 2. The fourth-order valence-electron chi connectivity index (χ4n) is 2.87. The second-order valence-corrected chi connectivity index (χ2v) is 9.60. The number of methoxy groups -OCH3 is 1. The predicted molar refractivity (Wildman–Crippen MR) is 121 cm³/mol. The Balaban J connectivity index is 4.58. The Morgan fingerprint density at radius 2 is 1.64 bits per heavy atom. The number of esters is 4. The van der Waals surface area contributed by atoms with E-state index in [0.29, 0.717) is 5.75 Å². The highest BCUT2D eigenvalue weighted by Crippen LogP contribution is 2.38. The summed E-state index contributed by atoms with van der Waals surface area (Å²) >= 11 is 1.32. The molecule has 0 aromatic rings. The molecule has 33 heavy (non-hydrogen) atoms. The molecule has 0 amide bonds. The summed E-state index contributed by atoms with van der Waals surface area (Å²) in [5.74, 6) is -1.61. The van der Waals surface area contributed by atoms with E-state index in [1.54, 1.807) is 20.8 Å². The summed E-state index contributed by atoms with van der Waals surface area (Å²) in [6.07, 6.45) is -0.980. The van der Waals surface area contributed by atoms with Gasteiger partial charge in [-0.3, -0.25) is 14.4 Å². The molecule has 190 valence electrons. The van der Waals surface area contributed by atoms with Crippen molar-refractivity contribution < 1.29 is 48.3 Å². The number of hydrogen-bond acceptors (Lipinski definition) is 11. The number of hydrogen-bond donors (Lipinski definition) is 2. The van der Waals surface area contributed by atoms with Crippen molar-refractivity contribution in [3.63, 3.8) is 0 Å². The van der Waals surface area contributed by atoms with Crippen molar-refractivity contribution in [2.45, 2.75) is 46.6 Å². The molecule has 0 saturated carbocycles. The number of aliphatic hydroxyl groups excluding tert-OH is 2. The van der Waals surface area contributed by atoms with Crippen LogP contribution in [0.4, 0.5) is 0 Å². The average molecular weight is 493 g/mol. The molecule has 11 heteroatoms. The first-order valence-electron chi connectivity index (χ1n) is 10.4. The maximum absolute atomic E-state index is 12.4. The van der Waals surface area contributed by atoms with Crippen LogP contribution in [-0.4, -0.2) is 85.2 Å². The van der Waals surface area contributed by atoms with Crippen LogP contribution in [0.2, 0.25) is 0 Å². The van der Waals surface area contributed by atoms with Gasteiger partial charge in [-0.25, -0.2) is 4.79 Å². The molecule has 2 unspecified atom stereocenters. The van der Waals surface area contributed by atoms with Gasteiger partial charge in [-0.15, -0.1) is 0 Å². The minimum absolute atomic E-state index is 0.0299. The van der Waals surface area contributed by atoms with Crippen molar-refractivity contribution in [1.29, 1.82) is 0 Å². The first-order valence-corrected chi connectivity index (χ1v) is 11.5. The smallest absolute Gasteiger partial charge is 0.333 e. The van der Waals surface area contributed by atoms with Gasteiger partial charge in [-0.1, -0.05) is 6.58 Å². The van der Waals surface area contributed by atoms with Crippen molar-refractivity contribution in [3.8, 4) is 0 Å². The minimum Gasteiger partial charge on any atom is -0.469 e. The molecule has 0 aromatic heterocycles. The van der Waals surface area contributed by atoms with Crippen molar-refractivity contribution in [2.75, 3.05) is 45.0 Å². The van der Waals surface area contributed by atoms with E-state index in [2.05, 4.69) is 6.58 Å². The van der Waals surface area contributed by atoms with Gasteiger partial charge in [0.2, 0.25) is 0 Å². The molecule has 0 aliphatic heterocycles. The fourth-order valence-corrected chi connectivity index (χ4v) is 3.99. The minimum atomic E-state index is -1.15. The summed E-state index contributed by atoms with van der Waals surface area (Å²) in [5, 5.41) is 18.5. The van der Waals surface area contributed by atoms with Crippen LogP contribution in [-0.2, 0) is 38.1 Å². The van der Waals surface area contributed by atoms with Gasteiger partial charge in [0.1, 0.15) is 25.9 Å². The third-order valence-corrected chi connectivity index (χ3v) is 5.78. The van der Waals surface area contributed by atoms with Gasteiger partial charge in [0.15, 0.2) is 0 Å². The molecule has 0 aliphatic carbocycles. The van der Waals surface area contributed by atoms with Gasteiger partial charge in [0, 0.05) is 17.1 Å². The van der Waals surface area contributed by atoms with E-state index < -0.39 is 40.8 Å². The zero-order chi connectivity index (χ0) is 25.7. The molecule has 0 rings (SSSR count). The molecular formula is C22H36O10S. The monoisotopic (exact) mass is 492 g/mol. The van der Waals surface area contributed by atoms with Gasteiger partial charge in [0.25, 0.3) is 0 Å². The van der Waals surface area contributed by atoms with E-state index >= 15 is 0 Å². The fraction of sp³-hybridized carbons (Fsp3) is 0.727. The highest BCUT2D eigenvalue weighted by molar-refractivity contribution is 7.99. The second kappa shape index (κ2) is 14.9. The average Bonchev–Trinajstić information content (AvgIpc) is 2.75. The largest absolute Gasteiger partial charge is 0.469 e. The number of rotatable bonds is 16. The van der Waals surface area contributed by atoms with Crippen LogP contribution in [0.25, 0.3) is 0 Å². The van der Waals surface area contributed by atoms with Gasteiger partial charge in [-0.2, -0.15) is 11.8 Å². The molecule has 0 saturated heterocycles. The lowest BCUT2D eigenvalue weighted by atomic mass is 9.75. The van der Waals surface area contributed by atoms with Crippen LogP contribution in [0.5, 0.6) is 0 Å². The molecule has 2 N–H and O–H groups in total. The molecule has 10 nitrogen and oxygen atoms in total. The summed E-state index contributed by atoms with van der Waals surface area (Å²) in [6.45, 7) is 8.80. The van der Waals surface area contributed by atoms with Gasteiger partial charge in [-0.05, 0) is 34.1 Å². The van der Waals surface area contributed by atoms with Crippen LogP contribution in [0.1, 0.15) is 40.5 Å². The summed E-state index contributed by atoms with van der Waals surface area (Å²) in [7, 11) is 1.26. The highest BCUT2D eigenvalue weighted by Gasteiger charge is 2.43. The Labute approximate surface area is 199 Å². The normalized spacial score (nSPS) is 13.9. The van der Waals surface area contributed by atoms with E-state index in [1.807, 2.05) is 0 Å². The molecule has 0 aliphatic rings. The summed E-state index contributed by atoms with van der Waals surface area (Å²) in [4.78, 5) is 47.8. The van der Waals surface area contributed by atoms with Crippen molar-refractivity contribution in [2.24, 2.45) is 10.8 Å². The Hall–Kier alpha value is -2.11. The predicted octanol–water partition coefficient (Wildman–Crippen LogP) is 1.26. The number of thioether (sulfide) groups is 1. The number of carbonyl (C=O) groups is 4. The van der Waals surface area contributed by atoms with Crippen LogP contribution in [0.15, 0.2) is 12.2 Å². The van der Waals surface area contributed by atoms with Gasteiger partial charge < -0.3 is 29.2 Å². The SMILES string of the molecule is C=C(C)C(=O)OCC(O)COC(=O)CCSCC(C)(CC(C)(C)C(=O)OCCO)C(=O)OC. The number of carbonyl (C=O) groups excluding carboxylic acids is 4. The first kappa shape index (κ1) is 30.9. The van der Waals surface area contributed by atoms with E-state index in [1.165, 1.54) is 25.8 Å². The maximum atomic E-state index is 12.4. The Bertz CT molecular complexity index is 691. The topological polar surface area (TPSA) is 146 Å². The Kier molecular flexibility index (Phi) is 14.0. The third kappa shape index (κ3) is 12.1. The summed E-state index contributed by atoms with van der Waals surface area (Å²) in [6, 6.07) is 0. The lowest BCUT2D eigenvalue weighted by molar-refractivity contribution is -0.161. The standard InChI is InChI=1S/C22H36O10S/c1-15(2)18(26)32-12-16(24)11-31-17(25)7-10-33-14-22(5,20(28)29-6)13-21(3,4)19(27)30-9-8-23/h16,23-24H,1,7-14H2,2-6H3. The van der Waals surface area contributed by atoms with E-state index in [0.717, 1.165) is 0 Å². The van der Waals surface area contributed by atoms with E-state index in [4.69, 9.17) is 24.1 Å². The third-order valence-electron chi connectivity index (χ3n) is 4.45.